The second-order valence-corrected chi connectivity index (χ2v) is 5.33. The van der Waals surface area contributed by atoms with Crippen molar-refractivity contribution in [3.05, 3.63) is 35.9 Å². The Morgan fingerprint density at radius 3 is 2.81 bits per heavy atom. The van der Waals surface area contributed by atoms with Crippen LogP contribution in [0.5, 0.6) is 0 Å². The highest BCUT2D eigenvalue weighted by Crippen LogP contribution is 2.34. The largest absolute Gasteiger partial charge is 0.315 e. The van der Waals surface area contributed by atoms with Gasteiger partial charge in [0.2, 0.25) is 0 Å². The maximum Gasteiger partial charge on any atom is 0.0601 e. The van der Waals surface area contributed by atoms with Crippen molar-refractivity contribution in [2.24, 2.45) is 17.6 Å². The topological polar surface area (TPSA) is 29.3 Å². The van der Waals surface area contributed by atoms with Crippen LogP contribution >= 0.6 is 0 Å². The van der Waals surface area contributed by atoms with Crippen LogP contribution in [0.4, 0.5) is 0 Å². The normalized spacial score (nSPS) is 37.6. The molecule has 3 rings (SSSR count). The summed E-state index contributed by atoms with van der Waals surface area (Å²) in [6, 6.07) is 10.8. The number of hydrogen-bond donors (Lipinski definition) is 1. The van der Waals surface area contributed by atoms with Crippen molar-refractivity contribution in [2.75, 3.05) is 13.1 Å². The van der Waals surface area contributed by atoms with Crippen LogP contribution in [0.2, 0.25) is 0 Å². The van der Waals surface area contributed by atoms with E-state index < -0.39 is 0 Å². The molecule has 4 atom stereocenters. The molecule has 1 aromatic carbocycles. The number of hydrogen-bond acceptors (Lipinski definition) is 2. The van der Waals surface area contributed by atoms with Crippen LogP contribution in [-0.2, 0) is 6.42 Å². The maximum atomic E-state index is 6.17. The van der Waals surface area contributed by atoms with Crippen molar-refractivity contribution in [3.63, 3.8) is 0 Å². The summed E-state index contributed by atoms with van der Waals surface area (Å²) in [7, 11) is 0. The average molecular weight is 216 g/mol. The second-order valence-electron chi connectivity index (χ2n) is 5.33. The first-order valence-electron chi connectivity index (χ1n) is 6.36. The Morgan fingerprint density at radius 2 is 2.06 bits per heavy atom. The molecule has 0 aromatic heterocycles. The van der Waals surface area contributed by atoms with Gasteiger partial charge in [0.1, 0.15) is 0 Å². The standard InChI is InChI=1S/C14H20N2/c15-14-13-6-7-16(14)10-12(9-13)8-11-4-2-1-3-5-11/h1-5,12-14H,6-10,15H2. The van der Waals surface area contributed by atoms with E-state index in [1.54, 1.807) is 0 Å². The van der Waals surface area contributed by atoms with Gasteiger partial charge in [-0.1, -0.05) is 30.3 Å². The Bertz CT molecular complexity index is 335. The van der Waals surface area contributed by atoms with Crippen molar-refractivity contribution in [1.29, 1.82) is 0 Å². The minimum atomic E-state index is 0.354. The van der Waals surface area contributed by atoms with Crippen LogP contribution in [0, 0.1) is 11.8 Å². The molecule has 0 amide bonds. The van der Waals surface area contributed by atoms with E-state index in [1.807, 2.05) is 0 Å². The van der Waals surface area contributed by atoms with Crippen LogP contribution < -0.4 is 5.73 Å². The van der Waals surface area contributed by atoms with Crippen LogP contribution in [0.3, 0.4) is 0 Å². The quantitative estimate of drug-likeness (QED) is 0.817. The first kappa shape index (κ1) is 10.3. The molecule has 2 heteroatoms. The zero-order valence-corrected chi connectivity index (χ0v) is 9.68. The number of nitrogens with zero attached hydrogens (tertiary/aromatic N) is 1. The van der Waals surface area contributed by atoms with Crippen LogP contribution in [-0.4, -0.2) is 24.2 Å². The van der Waals surface area contributed by atoms with E-state index in [0.717, 1.165) is 11.8 Å². The maximum absolute atomic E-state index is 6.17. The molecule has 0 radical (unpaired) electrons. The monoisotopic (exact) mass is 216 g/mol. The first-order chi connectivity index (χ1) is 7.83. The number of nitrogens with two attached hydrogens (primary N) is 1. The fourth-order valence-electron chi connectivity index (χ4n) is 3.35. The molecule has 0 aliphatic carbocycles. The third kappa shape index (κ3) is 1.87. The fraction of sp³-hybridized carbons (Fsp3) is 0.571. The van der Waals surface area contributed by atoms with Gasteiger partial charge in [-0.2, -0.15) is 0 Å². The summed E-state index contributed by atoms with van der Waals surface area (Å²) in [5.74, 6) is 1.57. The molecular formula is C14H20N2. The highest BCUT2D eigenvalue weighted by molar-refractivity contribution is 5.15. The highest BCUT2D eigenvalue weighted by Gasteiger charge is 2.38. The van der Waals surface area contributed by atoms with Crippen molar-refractivity contribution in [1.82, 2.24) is 4.90 Å². The minimum Gasteiger partial charge on any atom is -0.315 e. The molecule has 4 unspecified atom stereocenters. The predicted octanol–water partition coefficient (Wildman–Crippen LogP) is 1.86. The summed E-state index contributed by atoms with van der Waals surface area (Å²) < 4.78 is 0. The van der Waals surface area contributed by atoms with E-state index >= 15 is 0 Å². The Hall–Kier alpha value is -0.860. The molecule has 2 aliphatic rings. The fourth-order valence-corrected chi connectivity index (χ4v) is 3.35. The summed E-state index contributed by atoms with van der Waals surface area (Å²) in [5, 5.41) is 0. The summed E-state index contributed by atoms with van der Waals surface area (Å²) in [6.07, 6.45) is 4.21. The van der Waals surface area contributed by atoms with E-state index in [-0.39, 0.29) is 0 Å². The molecule has 2 nitrogen and oxygen atoms in total. The van der Waals surface area contributed by atoms with Crippen molar-refractivity contribution < 1.29 is 0 Å². The van der Waals surface area contributed by atoms with Gasteiger partial charge >= 0.3 is 0 Å². The number of piperidine rings is 1. The SMILES string of the molecule is NC1C2CCN1CC(Cc1ccccc1)C2. The third-order valence-electron chi connectivity index (χ3n) is 4.19. The van der Waals surface area contributed by atoms with Crippen LogP contribution in [0.25, 0.3) is 0 Å². The molecule has 2 heterocycles. The molecule has 2 bridgehead atoms. The molecule has 16 heavy (non-hydrogen) atoms. The van der Waals surface area contributed by atoms with E-state index in [2.05, 4.69) is 35.2 Å². The van der Waals surface area contributed by atoms with Crippen LogP contribution in [0.1, 0.15) is 18.4 Å². The van der Waals surface area contributed by atoms with Gasteiger partial charge < -0.3 is 5.73 Å². The highest BCUT2D eigenvalue weighted by atomic mass is 15.3. The second kappa shape index (κ2) is 4.19. The van der Waals surface area contributed by atoms with Crippen LogP contribution in [0.15, 0.2) is 30.3 Å². The van der Waals surface area contributed by atoms with Gasteiger partial charge in [0.05, 0.1) is 6.17 Å². The molecule has 0 spiro atoms. The zero-order chi connectivity index (χ0) is 11.0. The Morgan fingerprint density at radius 1 is 1.25 bits per heavy atom. The minimum absolute atomic E-state index is 0.354. The summed E-state index contributed by atoms with van der Waals surface area (Å²) in [5.41, 5.74) is 7.64. The molecule has 86 valence electrons. The molecule has 2 N–H and O–H groups in total. The predicted molar refractivity (Wildman–Crippen MR) is 65.9 cm³/mol. The van der Waals surface area contributed by atoms with Crippen molar-refractivity contribution in [3.8, 4) is 0 Å². The van der Waals surface area contributed by atoms with E-state index in [1.165, 1.54) is 37.9 Å². The lowest BCUT2D eigenvalue weighted by atomic mass is 9.85. The Balaban J connectivity index is 1.66. The number of fused-ring (bicyclic) bond motifs is 2. The van der Waals surface area contributed by atoms with Gasteiger partial charge in [0, 0.05) is 13.1 Å². The summed E-state index contributed by atoms with van der Waals surface area (Å²) >= 11 is 0. The lowest BCUT2D eigenvalue weighted by Gasteiger charge is -2.35. The lowest BCUT2D eigenvalue weighted by Crippen LogP contribution is -2.47. The van der Waals surface area contributed by atoms with Crippen molar-refractivity contribution in [2.45, 2.75) is 25.4 Å². The Labute approximate surface area is 97.4 Å². The zero-order valence-electron chi connectivity index (χ0n) is 9.68. The van der Waals surface area contributed by atoms with Gasteiger partial charge in [-0.15, -0.1) is 0 Å². The van der Waals surface area contributed by atoms with E-state index in [4.69, 9.17) is 5.73 Å². The van der Waals surface area contributed by atoms with Gasteiger partial charge in [-0.3, -0.25) is 4.90 Å². The van der Waals surface area contributed by atoms with E-state index in [0.29, 0.717) is 6.17 Å². The third-order valence-corrected chi connectivity index (χ3v) is 4.19. The number of benzene rings is 1. The summed E-state index contributed by atoms with van der Waals surface area (Å²) in [4.78, 5) is 2.47. The molecule has 2 fully saturated rings. The number of rotatable bonds is 2. The van der Waals surface area contributed by atoms with Gasteiger partial charge in [-0.05, 0) is 36.7 Å². The molecule has 2 aliphatic heterocycles. The first-order valence-corrected chi connectivity index (χ1v) is 6.36. The molecule has 2 saturated heterocycles. The lowest BCUT2D eigenvalue weighted by molar-refractivity contribution is 0.131. The molecule has 1 aromatic rings. The smallest absolute Gasteiger partial charge is 0.0601 e. The van der Waals surface area contributed by atoms with Gasteiger partial charge in [0.25, 0.3) is 0 Å². The Kier molecular flexibility index (Phi) is 2.70. The average Bonchev–Trinajstić information content (AvgIpc) is 2.54. The molecule has 0 saturated carbocycles. The van der Waals surface area contributed by atoms with Crippen molar-refractivity contribution >= 4 is 0 Å². The van der Waals surface area contributed by atoms with Gasteiger partial charge in [0.15, 0.2) is 0 Å². The molecular weight excluding hydrogens is 196 g/mol. The summed E-state index contributed by atoms with van der Waals surface area (Å²) in [6.45, 7) is 2.42. The van der Waals surface area contributed by atoms with E-state index in [9.17, 15) is 0 Å². The van der Waals surface area contributed by atoms with Gasteiger partial charge in [-0.25, -0.2) is 0 Å².